The highest BCUT2D eigenvalue weighted by Gasteiger charge is 2.06. The Morgan fingerprint density at radius 2 is 1.82 bits per heavy atom. The second-order valence-corrected chi connectivity index (χ2v) is 4.27. The summed E-state index contributed by atoms with van der Waals surface area (Å²) in [5, 5.41) is 0.0417. The molecule has 0 unspecified atom stereocenters. The average molecular weight is 251 g/mol. The summed E-state index contributed by atoms with van der Waals surface area (Å²) < 4.78 is 1.05. The van der Waals surface area contributed by atoms with Gasteiger partial charge in [-0.05, 0) is 37.1 Å². The predicted octanol–water partition coefficient (Wildman–Crippen LogP) is 1.80. The van der Waals surface area contributed by atoms with Gasteiger partial charge in [-0.15, -0.1) is 0 Å². The molecule has 2 rings (SSSR count). The van der Waals surface area contributed by atoms with Gasteiger partial charge in [-0.25, -0.2) is 9.36 Å². The molecule has 1 aromatic heterocycles. The molecule has 0 aliphatic carbocycles. The number of aromatic amines is 1. The maximum Gasteiger partial charge on any atom is 0.334 e. The van der Waals surface area contributed by atoms with Gasteiger partial charge in [-0.3, -0.25) is 9.78 Å². The zero-order valence-electron chi connectivity index (χ0n) is 9.45. The van der Waals surface area contributed by atoms with E-state index in [4.69, 9.17) is 11.6 Å². The van der Waals surface area contributed by atoms with Gasteiger partial charge in [0.1, 0.15) is 5.15 Å². The van der Waals surface area contributed by atoms with Crippen molar-refractivity contribution in [1.82, 2.24) is 9.55 Å². The minimum atomic E-state index is -0.536. The highest BCUT2D eigenvalue weighted by atomic mass is 35.5. The van der Waals surface area contributed by atoms with Crippen molar-refractivity contribution in [2.75, 3.05) is 0 Å². The van der Waals surface area contributed by atoms with Gasteiger partial charge in [0.2, 0.25) is 0 Å². The Bertz CT molecular complexity index is 654. The van der Waals surface area contributed by atoms with Crippen LogP contribution in [0.2, 0.25) is 5.15 Å². The van der Waals surface area contributed by atoms with E-state index in [1.54, 1.807) is 12.1 Å². The van der Waals surface area contributed by atoms with E-state index in [9.17, 15) is 9.59 Å². The van der Waals surface area contributed by atoms with E-state index < -0.39 is 11.2 Å². The lowest BCUT2D eigenvalue weighted by atomic mass is 10.1. The number of aryl methyl sites for hydroxylation is 2. The van der Waals surface area contributed by atoms with Crippen molar-refractivity contribution in [3.8, 4) is 5.69 Å². The first-order valence-electron chi connectivity index (χ1n) is 5.08. The minimum Gasteiger partial charge on any atom is -0.297 e. The summed E-state index contributed by atoms with van der Waals surface area (Å²) in [5.74, 6) is 0. The number of rotatable bonds is 1. The monoisotopic (exact) mass is 250 g/mol. The molecule has 88 valence electrons. The molecule has 0 spiro atoms. The maximum absolute atomic E-state index is 11.7. The van der Waals surface area contributed by atoms with Crippen molar-refractivity contribution in [2.24, 2.45) is 0 Å². The van der Waals surface area contributed by atoms with E-state index in [0.29, 0.717) is 5.69 Å². The van der Waals surface area contributed by atoms with Crippen LogP contribution in [-0.2, 0) is 0 Å². The summed E-state index contributed by atoms with van der Waals surface area (Å²) in [6.07, 6.45) is 0. The second-order valence-electron chi connectivity index (χ2n) is 3.86. The minimum absolute atomic E-state index is 0.0417. The third kappa shape index (κ3) is 2.17. The molecule has 0 fully saturated rings. The molecular weight excluding hydrogens is 240 g/mol. The smallest absolute Gasteiger partial charge is 0.297 e. The molecule has 0 saturated carbocycles. The van der Waals surface area contributed by atoms with Crippen molar-refractivity contribution in [2.45, 2.75) is 13.8 Å². The van der Waals surface area contributed by atoms with Crippen LogP contribution in [0.25, 0.3) is 5.69 Å². The van der Waals surface area contributed by atoms with Crippen LogP contribution in [0.5, 0.6) is 0 Å². The molecule has 1 N–H and O–H groups in total. The van der Waals surface area contributed by atoms with Crippen LogP contribution < -0.4 is 11.2 Å². The molecule has 0 aliphatic heterocycles. The summed E-state index contributed by atoms with van der Waals surface area (Å²) in [4.78, 5) is 25.8. The molecule has 0 amide bonds. The number of nitrogens with one attached hydrogen (secondary N) is 1. The molecule has 2 aromatic rings. The van der Waals surface area contributed by atoms with Gasteiger partial charge in [-0.1, -0.05) is 17.7 Å². The van der Waals surface area contributed by atoms with Crippen molar-refractivity contribution in [3.05, 3.63) is 61.4 Å². The summed E-state index contributed by atoms with van der Waals surface area (Å²) in [6, 6.07) is 6.57. The zero-order valence-corrected chi connectivity index (χ0v) is 10.2. The number of hydrogen-bond acceptors (Lipinski definition) is 2. The molecule has 0 bridgehead atoms. The fourth-order valence-corrected chi connectivity index (χ4v) is 1.75. The van der Waals surface area contributed by atoms with Crippen LogP contribution in [0.3, 0.4) is 0 Å². The zero-order chi connectivity index (χ0) is 12.6. The number of hydrogen-bond donors (Lipinski definition) is 1. The Labute approximate surface area is 102 Å². The topological polar surface area (TPSA) is 54.9 Å². The molecule has 0 saturated heterocycles. The highest BCUT2D eigenvalue weighted by Crippen LogP contribution is 2.11. The summed E-state index contributed by atoms with van der Waals surface area (Å²) in [6.45, 7) is 3.89. The average Bonchev–Trinajstić information content (AvgIpc) is 2.21. The Balaban J connectivity index is 2.73. The molecule has 1 heterocycles. The SMILES string of the molecule is Cc1ccc(-n2c(=O)cc(Cl)[nH]c2=O)cc1C. The quantitative estimate of drug-likeness (QED) is 0.785. The van der Waals surface area contributed by atoms with Crippen molar-refractivity contribution >= 4 is 11.6 Å². The molecule has 5 heteroatoms. The summed E-state index contributed by atoms with van der Waals surface area (Å²) in [5.41, 5.74) is 1.68. The first-order chi connectivity index (χ1) is 7.99. The van der Waals surface area contributed by atoms with E-state index in [0.717, 1.165) is 15.7 Å². The van der Waals surface area contributed by atoms with E-state index in [1.165, 1.54) is 6.07 Å². The maximum atomic E-state index is 11.7. The van der Waals surface area contributed by atoms with Gasteiger partial charge < -0.3 is 0 Å². The third-order valence-corrected chi connectivity index (χ3v) is 2.85. The van der Waals surface area contributed by atoms with Gasteiger partial charge in [0.15, 0.2) is 0 Å². The first kappa shape index (κ1) is 11.7. The molecule has 0 radical (unpaired) electrons. The van der Waals surface area contributed by atoms with E-state index in [-0.39, 0.29) is 5.15 Å². The van der Waals surface area contributed by atoms with Gasteiger partial charge in [-0.2, -0.15) is 0 Å². The first-order valence-corrected chi connectivity index (χ1v) is 5.46. The lowest BCUT2D eigenvalue weighted by molar-refractivity contribution is 0.874. The molecular formula is C12H11ClN2O2. The normalized spacial score (nSPS) is 10.5. The number of halogens is 1. The van der Waals surface area contributed by atoms with E-state index in [1.807, 2.05) is 19.9 Å². The number of aromatic nitrogens is 2. The van der Waals surface area contributed by atoms with Gasteiger partial charge in [0, 0.05) is 6.07 Å². The standard InChI is InChI=1S/C12H11ClN2O2/c1-7-3-4-9(5-8(7)2)15-11(16)6-10(13)14-12(15)17/h3-6H,1-2H3,(H,14,17). The van der Waals surface area contributed by atoms with E-state index >= 15 is 0 Å². The fraction of sp³-hybridized carbons (Fsp3) is 0.167. The number of benzene rings is 1. The fourth-order valence-electron chi connectivity index (χ4n) is 1.58. The third-order valence-electron chi connectivity index (χ3n) is 2.65. The number of H-pyrrole nitrogens is 1. The summed E-state index contributed by atoms with van der Waals surface area (Å²) in [7, 11) is 0. The number of nitrogens with zero attached hydrogens (tertiary/aromatic N) is 1. The van der Waals surface area contributed by atoms with Crippen LogP contribution in [0.15, 0.2) is 33.9 Å². The van der Waals surface area contributed by atoms with Crippen LogP contribution in [0.4, 0.5) is 0 Å². The highest BCUT2D eigenvalue weighted by molar-refractivity contribution is 6.29. The van der Waals surface area contributed by atoms with Crippen LogP contribution >= 0.6 is 11.6 Å². The van der Waals surface area contributed by atoms with Gasteiger partial charge in [0.05, 0.1) is 5.69 Å². The van der Waals surface area contributed by atoms with Gasteiger partial charge in [0.25, 0.3) is 5.56 Å². The van der Waals surface area contributed by atoms with Gasteiger partial charge >= 0.3 is 5.69 Å². The van der Waals surface area contributed by atoms with Crippen LogP contribution in [-0.4, -0.2) is 9.55 Å². The van der Waals surface area contributed by atoms with Crippen LogP contribution in [0, 0.1) is 13.8 Å². The molecule has 0 aliphatic rings. The molecule has 0 atom stereocenters. The lowest BCUT2D eigenvalue weighted by Gasteiger charge is -2.07. The largest absolute Gasteiger partial charge is 0.334 e. The van der Waals surface area contributed by atoms with E-state index in [2.05, 4.69) is 4.98 Å². The molecule has 4 nitrogen and oxygen atoms in total. The Morgan fingerprint density at radius 1 is 1.12 bits per heavy atom. The molecule has 1 aromatic carbocycles. The molecule has 17 heavy (non-hydrogen) atoms. The van der Waals surface area contributed by atoms with Crippen LogP contribution in [0.1, 0.15) is 11.1 Å². The Hall–Kier alpha value is -1.81. The predicted molar refractivity (Wildman–Crippen MR) is 67.1 cm³/mol. The van der Waals surface area contributed by atoms with Crippen molar-refractivity contribution in [1.29, 1.82) is 0 Å². The lowest BCUT2D eigenvalue weighted by Crippen LogP contribution is -2.32. The van der Waals surface area contributed by atoms with Crippen molar-refractivity contribution in [3.63, 3.8) is 0 Å². The van der Waals surface area contributed by atoms with Crippen molar-refractivity contribution < 1.29 is 0 Å². The Kier molecular flexibility index (Phi) is 2.90. The second kappa shape index (κ2) is 4.22. The Morgan fingerprint density at radius 3 is 2.41 bits per heavy atom. The summed E-state index contributed by atoms with van der Waals surface area (Å²) >= 11 is 5.60.